The summed E-state index contributed by atoms with van der Waals surface area (Å²) in [7, 11) is 0. The first-order chi connectivity index (χ1) is 16.9. The van der Waals surface area contributed by atoms with Gasteiger partial charge in [-0.25, -0.2) is 19.4 Å². The van der Waals surface area contributed by atoms with Crippen molar-refractivity contribution < 1.29 is 42.2 Å². The minimum absolute atomic E-state index is 0.00131. The Bertz CT molecular complexity index is 1420. The van der Waals surface area contributed by atoms with Crippen LogP contribution in [0.4, 0.5) is 29.3 Å². The molecule has 0 aliphatic carbocycles. The lowest BCUT2D eigenvalue weighted by molar-refractivity contribution is -0.852. The van der Waals surface area contributed by atoms with E-state index in [0.29, 0.717) is 11.0 Å². The van der Waals surface area contributed by atoms with Gasteiger partial charge in [0.15, 0.2) is 12.1 Å². The molecule has 1 spiro atoms. The Morgan fingerprint density at radius 3 is 2.56 bits per heavy atom. The summed E-state index contributed by atoms with van der Waals surface area (Å²) in [4.78, 5) is 53.7. The molecule has 1 N–H and O–H groups in total. The topological polar surface area (TPSA) is 122 Å². The number of rotatable bonds is 4. The second-order valence-corrected chi connectivity index (χ2v) is 9.15. The van der Waals surface area contributed by atoms with E-state index >= 15 is 0 Å². The summed E-state index contributed by atoms with van der Waals surface area (Å²) in [6.45, 7) is 0.227. The number of Topliss-reactive ketones (excluding diaryl/α,β-unsaturated/α-hetero) is 1. The number of urea groups is 1. The van der Waals surface area contributed by atoms with Gasteiger partial charge in [0.1, 0.15) is 11.7 Å². The molecule has 4 atom stereocenters. The number of piperazine rings is 1. The standard InChI is InChI=1S/C22H15ClF3N5O5/c23-15-4-2-11(5-16(15)30(35)36)19(32)17-8-28-9-18-20(33)29(21(34)31(17,18)10-28)13-3-1-12(7-27)14(6-13)22(24,25)26/h1-6,17-18H,8-10H2,(H,35,36)/q+2. The Morgan fingerprint density at radius 1 is 1.19 bits per heavy atom. The van der Waals surface area contributed by atoms with Crippen LogP contribution in [0.1, 0.15) is 21.5 Å². The Hall–Kier alpha value is -3.86. The second kappa shape index (κ2) is 7.82. The third kappa shape index (κ3) is 3.22. The number of hydrogen-bond acceptors (Lipinski definition) is 6. The van der Waals surface area contributed by atoms with E-state index in [-0.39, 0.29) is 41.7 Å². The molecule has 2 bridgehead atoms. The molecule has 2 aromatic rings. The normalized spacial score (nSPS) is 26.8. The molecule has 3 unspecified atom stereocenters. The van der Waals surface area contributed by atoms with E-state index in [1.807, 2.05) is 0 Å². The first-order valence-corrected chi connectivity index (χ1v) is 10.9. The Morgan fingerprint density at radius 2 is 1.92 bits per heavy atom. The Labute approximate surface area is 205 Å². The number of amides is 3. The largest absolute Gasteiger partial charge is 0.433 e. The number of imide groups is 1. The van der Waals surface area contributed by atoms with Crippen molar-refractivity contribution in [2.75, 3.05) is 24.7 Å². The van der Waals surface area contributed by atoms with Crippen molar-refractivity contribution >= 4 is 40.7 Å². The summed E-state index contributed by atoms with van der Waals surface area (Å²) in [6.07, 6.45) is -4.90. The number of ketones is 1. The zero-order chi connectivity index (χ0) is 26.2. The van der Waals surface area contributed by atoms with Crippen LogP contribution in [0.5, 0.6) is 0 Å². The maximum absolute atomic E-state index is 13.7. The van der Waals surface area contributed by atoms with E-state index in [4.69, 9.17) is 16.9 Å². The van der Waals surface area contributed by atoms with E-state index in [1.54, 1.807) is 4.90 Å². The number of nitrogens with zero attached hydrogens (tertiary/aromatic N) is 5. The average Bonchev–Trinajstić information content (AvgIpc) is 3.46. The van der Waals surface area contributed by atoms with Crippen LogP contribution in [0.25, 0.3) is 0 Å². The summed E-state index contributed by atoms with van der Waals surface area (Å²) in [5.41, 5.74) is -2.72. The van der Waals surface area contributed by atoms with Crippen LogP contribution in [0.15, 0.2) is 36.4 Å². The second-order valence-electron chi connectivity index (χ2n) is 8.74. The van der Waals surface area contributed by atoms with Crippen LogP contribution in [-0.2, 0) is 11.0 Å². The molecule has 3 saturated heterocycles. The lowest BCUT2D eigenvalue weighted by Crippen LogP contribution is -2.62. The van der Waals surface area contributed by atoms with Crippen LogP contribution in [0.2, 0.25) is 5.02 Å². The van der Waals surface area contributed by atoms with Crippen molar-refractivity contribution in [3.63, 3.8) is 0 Å². The minimum Gasteiger partial charge on any atom is -0.287 e. The minimum atomic E-state index is -4.90. The van der Waals surface area contributed by atoms with Crippen molar-refractivity contribution in [1.29, 1.82) is 5.26 Å². The van der Waals surface area contributed by atoms with Crippen molar-refractivity contribution in [1.82, 2.24) is 4.90 Å². The number of halogens is 4. The van der Waals surface area contributed by atoms with Gasteiger partial charge >= 0.3 is 17.9 Å². The fourth-order valence-corrected chi connectivity index (χ4v) is 5.48. The molecule has 5 rings (SSSR count). The monoisotopic (exact) mass is 521 g/mol. The van der Waals surface area contributed by atoms with Gasteiger partial charge in [-0.05, 0) is 30.3 Å². The molecule has 3 amide bonds. The number of carbonyl (C=O) groups excluding carboxylic acids is 3. The van der Waals surface area contributed by atoms with Gasteiger partial charge in [-0.2, -0.15) is 23.3 Å². The molecule has 0 aromatic heterocycles. The molecule has 3 aliphatic rings. The van der Waals surface area contributed by atoms with Crippen molar-refractivity contribution in [3.8, 4) is 6.07 Å². The predicted molar refractivity (Wildman–Crippen MR) is 114 cm³/mol. The van der Waals surface area contributed by atoms with Gasteiger partial charge < -0.3 is 0 Å². The SMILES string of the molecule is N#Cc1ccc(N2C(=O)C3C[N@]4CC(C(=O)c5ccc(Cl)c([N+](=O)O)c5)[N+]3(C4)C2=O)cc1C(F)(F)F. The van der Waals surface area contributed by atoms with Gasteiger partial charge in [0.05, 0.1) is 40.9 Å². The van der Waals surface area contributed by atoms with Gasteiger partial charge in [0, 0.05) is 11.6 Å². The third-order valence-corrected chi connectivity index (χ3v) is 7.21. The molecule has 0 saturated carbocycles. The molecule has 0 radical (unpaired) electrons. The van der Waals surface area contributed by atoms with Crippen molar-refractivity contribution in [2.24, 2.45) is 0 Å². The molecule has 36 heavy (non-hydrogen) atoms. The summed E-state index contributed by atoms with van der Waals surface area (Å²) in [6, 6.07) is 4.63. The van der Waals surface area contributed by atoms with Crippen molar-refractivity contribution in [2.45, 2.75) is 18.3 Å². The molecule has 3 fully saturated rings. The molecule has 3 aliphatic heterocycles. The highest BCUT2D eigenvalue weighted by Gasteiger charge is 2.73. The molecule has 10 nitrogen and oxygen atoms in total. The van der Waals surface area contributed by atoms with Gasteiger partial charge in [-0.3, -0.25) is 9.59 Å². The van der Waals surface area contributed by atoms with Gasteiger partial charge in [0.25, 0.3) is 10.8 Å². The van der Waals surface area contributed by atoms with Gasteiger partial charge in [-0.15, -0.1) is 0 Å². The van der Waals surface area contributed by atoms with E-state index in [9.17, 15) is 37.7 Å². The highest BCUT2D eigenvalue weighted by molar-refractivity contribution is 6.32. The van der Waals surface area contributed by atoms with Crippen LogP contribution >= 0.6 is 11.6 Å². The average molecular weight is 522 g/mol. The molecule has 14 heteroatoms. The number of carbonyl (C=O) groups is 3. The smallest absolute Gasteiger partial charge is 0.287 e. The van der Waals surface area contributed by atoms with E-state index in [1.165, 1.54) is 18.2 Å². The van der Waals surface area contributed by atoms with Crippen molar-refractivity contribution in [3.05, 3.63) is 63.0 Å². The van der Waals surface area contributed by atoms with E-state index in [2.05, 4.69) is 0 Å². The summed E-state index contributed by atoms with van der Waals surface area (Å²) in [5, 5.41) is 18.2. The van der Waals surface area contributed by atoms with Crippen LogP contribution in [0, 0.1) is 16.2 Å². The number of benzene rings is 2. The van der Waals surface area contributed by atoms with Gasteiger partial charge in [-0.1, -0.05) is 11.6 Å². The van der Waals surface area contributed by atoms with Crippen LogP contribution in [0.3, 0.4) is 0 Å². The highest BCUT2D eigenvalue weighted by atomic mass is 35.5. The fraction of sp³-hybridized carbons (Fsp3) is 0.273. The maximum Gasteiger partial charge on any atom is 0.433 e. The number of nitriles is 1. The summed E-state index contributed by atoms with van der Waals surface area (Å²) in [5.74, 6) is -1.35. The summed E-state index contributed by atoms with van der Waals surface area (Å²) < 4.78 is 39.9. The number of fused-ring (bicyclic) bond motifs is 1. The maximum atomic E-state index is 13.7. The van der Waals surface area contributed by atoms with Crippen LogP contribution < -0.4 is 4.90 Å². The van der Waals surface area contributed by atoms with Crippen LogP contribution in [-0.4, -0.2) is 69.1 Å². The molecule has 3 heterocycles. The third-order valence-electron chi connectivity index (χ3n) is 6.89. The Kier molecular flexibility index (Phi) is 5.18. The van der Waals surface area contributed by atoms with E-state index in [0.717, 1.165) is 18.2 Å². The van der Waals surface area contributed by atoms with Gasteiger partial charge in [0.2, 0.25) is 5.78 Å². The summed E-state index contributed by atoms with van der Waals surface area (Å²) >= 11 is 5.87. The number of quaternary nitrogens is 1. The zero-order valence-electron chi connectivity index (χ0n) is 18.1. The predicted octanol–water partition coefficient (Wildman–Crippen LogP) is 3.22. The molecule has 2 aromatic carbocycles. The molecular weight excluding hydrogens is 507 g/mol. The number of anilines is 1. The first kappa shape index (κ1) is 23.9. The number of alkyl halides is 3. The zero-order valence-corrected chi connectivity index (χ0v) is 18.8. The quantitative estimate of drug-likeness (QED) is 0.284. The molecular formula is C22H15ClF3N5O5+2. The lowest BCUT2D eigenvalue weighted by Gasteiger charge is -2.32. The lowest BCUT2D eigenvalue weighted by atomic mass is 9.98. The first-order valence-electron chi connectivity index (χ1n) is 10.5. The molecule has 184 valence electrons. The number of hydrogen-bond donors (Lipinski definition) is 1. The van der Waals surface area contributed by atoms with E-state index < -0.39 is 56.5 Å². The Balaban J connectivity index is 1.56. The fourth-order valence-electron chi connectivity index (χ4n) is 5.29. The highest BCUT2D eigenvalue weighted by Crippen LogP contribution is 2.45.